The molecule has 1 aliphatic rings. The van der Waals surface area contributed by atoms with Crippen molar-refractivity contribution >= 4 is 39.0 Å². The molecule has 2 unspecified atom stereocenters. The summed E-state index contributed by atoms with van der Waals surface area (Å²) in [6, 6.07) is 1.84. The van der Waals surface area contributed by atoms with E-state index in [9.17, 15) is 9.59 Å². The highest BCUT2D eigenvalue weighted by Crippen LogP contribution is 2.54. The molecule has 0 radical (unpaired) electrons. The van der Waals surface area contributed by atoms with Gasteiger partial charge in [-0.25, -0.2) is 4.52 Å². The molecule has 0 aliphatic heterocycles. The Morgan fingerprint density at radius 1 is 1.42 bits per heavy atom. The van der Waals surface area contributed by atoms with Gasteiger partial charge in [0.05, 0.1) is 35.5 Å². The van der Waals surface area contributed by atoms with Gasteiger partial charge >= 0.3 is 5.97 Å². The highest BCUT2D eigenvalue weighted by molar-refractivity contribution is 9.10. The second-order valence-corrected chi connectivity index (χ2v) is 8.48. The summed E-state index contributed by atoms with van der Waals surface area (Å²) in [7, 11) is 1.42. The monoisotopic (exact) mass is 422 g/mol. The normalized spacial score (nSPS) is 24.6. The maximum Gasteiger partial charge on any atom is 0.312 e. The molecule has 3 N–H and O–H groups in total. The Morgan fingerprint density at radius 3 is 2.73 bits per heavy atom. The summed E-state index contributed by atoms with van der Waals surface area (Å²) in [5.74, 6) is -0.765. The lowest BCUT2D eigenvalue weighted by Crippen LogP contribution is -2.45. The molecule has 8 heteroatoms. The Balaban J connectivity index is 2.05. The number of primary amides is 1. The van der Waals surface area contributed by atoms with Crippen molar-refractivity contribution in [3.63, 3.8) is 0 Å². The van der Waals surface area contributed by atoms with Crippen LogP contribution >= 0.6 is 15.9 Å². The molecule has 3 rings (SSSR count). The van der Waals surface area contributed by atoms with E-state index in [4.69, 9.17) is 10.5 Å². The zero-order valence-corrected chi connectivity index (χ0v) is 16.9. The molecular formula is C18H23BrN4O3. The highest BCUT2D eigenvalue weighted by Gasteiger charge is 2.57. The summed E-state index contributed by atoms with van der Waals surface area (Å²) >= 11 is 3.44. The molecule has 7 nitrogen and oxygen atoms in total. The Hall–Kier alpha value is -2.09. The summed E-state index contributed by atoms with van der Waals surface area (Å²) < 4.78 is 7.57. The number of rotatable bonds is 4. The standard InChI is InChI=1S/C18H23BrN4O3/c1-17(2)13(5-6-18(17,3)16(25)26-4)22-14-11(15(20)24)8-21-23-9-10(19)7-12(14)23/h7-9,13,22H,5-6H2,1-4H3,(H2,20,24). The molecular weight excluding hydrogens is 400 g/mol. The number of carbonyl (C=O) groups excluding carboxylic acids is 2. The number of hydrogen-bond donors (Lipinski definition) is 2. The van der Waals surface area contributed by atoms with Gasteiger partial charge in [-0.05, 0) is 41.8 Å². The molecule has 1 amide bonds. The summed E-state index contributed by atoms with van der Waals surface area (Å²) in [6.07, 6.45) is 4.74. The lowest BCUT2D eigenvalue weighted by Gasteiger charge is -2.40. The number of carbonyl (C=O) groups is 2. The molecule has 1 saturated carbocycles. The molecule has 2 atom stereocenters. The predicted octanol–water partition coefficient (Wildman–Crippen LogP) is 2.98. The minimum atomic E-state index is -0.613. The number of fused-ring (bicyclic) bond motifs is 1. The fourth-order valence-corrected chi connectivity index (χ4v) is 4.29. The average Bonchev–Trinajstić information content (AvgIpc) is 3.06. The van der Waals surface area contributed by atoms with Crippen LogP contribution in [0.4, 0.5) is 5.69 Å². The largest absolute Gasteiger partial charge is 0.469 e. The molecule has 0 aromatic carbocycles. The van der Waals surface area contributed by atoms with Crippen molar-refractivity contribution in [2.75, 3.05) is 12.4 Å². The molecule has 0 spiro atoms. The number of halogens is 1. The summed E-state index contributed by atoms with van der Waals surface area (Å²) in [6.45, 7) is 6.03. The summed E-state index contributed by atoms with van der Waals surface area (Å²) in [4.78, 5) is 24.3. The van der Waals surface area contributed by atoms with Gasteiger partial charge in [0.25, 0.3) is 5.91 Å². The number of amides is 1. The number of hydrogen-bond acceptors (Lipinski definition) is 5. The van der Waals surface area contributed by atoms with Gasteiger partial charge in [-0.3, -0.25) is 9.59 Å². The van der Waals surface area contributed by atoms with Crippen molar-refractivity contribution in [2.45, 2.75) is 39.7 Å². The number of aromatic nitrogens is 2. The number of nitrogens with zero attached hydrogens (tertiary/aromatic N) is 2. The maximum atomic E-state index is 12.4. The molecule has 1 fully saturated rings. The molecule has 26 heavy (non-hydrogen) atoms. The second kappa shape index (κ2) is 6.26. The van der Waals surface area contributed by atoms with E-state index in [-0.39, 0.29) is 17.4 Å². The van der Waals surface area contributed by atoms with Crippen LogP contribution in [0, 0.1) is 10.8 Å². The van der Waals surface area contributed by atoms with Gasteiger partial charge in [0.15, 0.2) is 0 Å². The van der Waals surface area contributed by atoms with Crippen molar-refractivity contribution in [3.8, 4) is 0 Å². The van der Waals surface area contributed by atoms with Crippen LogP contribution in [0.5, 0.6) is 0 Å². The summed E-state index contributed by atoms with van der Waals surface area (Å²) in [5.41, 5.74) is 6.26. The van der Waals surface area contributed by atoms with Crippen LogP contribution in [-0.2, 0) is 9.53 Å². The lowest BCUT2D eigenvalue weighted by molar-refractivity contribution is -0.157. The van der Waals surface area contributed by atoms with Gasteiger partial charge in [0.1, 0.15) is 0 Å². The molecule has 2 aromatic rings. The zero-order valence-electron chi connectivity index (χ0n) is 15.3. The first-order valence-electron chi connectivity index (χ1n) is 8.43. The van der Waals surface area contributed by atoms with Gasteiger partial charge in [-0.2, -0.15) is 5.10 Å². The van der Waals surface area contributed by atoms with Gasteiger partial charge in [0.2, 0.25) is 0 Å². The van der Waals surface area contributed by atoms with Crippen LogP contribution < -0.4 is 11.1 Å². The first-order valence-corrected chi connectivity index (χ1v) is 9.23. The fraction of sp³-hybridized carbons (Fsp3) is 0.500. The topological polar surface area (TPSA) is 98.7 Å². The van der Waals surface area contributed by atoms with Gasteiger partial charge in [-0.1, -0.05) is 13.8 Å². The molecule has 2 heterocycles. The Labute approximate surface area is 160 Å². The van der Waals surface area contributed by atoms with Crippen molar-refractivity contribution in [2.24, 2.45) is 16.6 Å². The lowest BCUT2D eigenvalue weighted by atomic mass is 9.67. The quantitative estimate of drug-likeness (QED) is 0.737. The van der Waals surface area contributed by atoms with Crippen LogP contribution in [0.3, 0.4) is 0 Å². The van der Waals surface area contributed by atoms with Crippen LogP contribution in [0.2, 0.25) is 0 Å². The number of esters is 1. The van der Waals surface area contributed by atoms with Crippen molar-refractivity contribution < 1.29 is 14.3 Å². The van der Waals surface area contributed by atoms with E-state index in [0.717, 1.165) is 16.4 Å². The van der Waals surface area contributed by atoms with E-state index >= 15 is 0 Å². The molecule has 1 aliphatic carbocycles. The number of ether oxygens (including phenoxy) is 1. The number of nitrogens with two attached hydrogens (primary N) is 1. The van der Waals surface area contributed by atoms with Gasteiger partial charge in [-0.15, -0.1) is 0 Å². The number of nitrogens with one attached hydrogen (secondary N) is 1. The van der Waals surface area contributed by atoms with Crippen LogP contribution in [-0.4, -0.2) is 34.6 Å². The maximum absolute atomic E-state index is 12.4. The average molecular weight is 423 g/mol. The Morgan fingerprint density at radius 2 is 2.12 bits per heavy atom. The molecule has 2 aromatic heterocycles. The predicted molar refractivity (Wildman–Crippen MR) is 102 cm³/mol. The zero-order chi connectivity index (χ0) is 19.3. The van der Waals surface area contributed by atoms with Gasteiger partial charge in [0, 0.05) is 22.1 Å². The van der Waals surface area contributed by atoms with Crippen LogP contribution in [0.1, 0.15) is 44.0 Å². The summed E-state index contributed by atoms with van der Waals surface area (Å²) in [5, 5.41) is 7.72. The smallest absolute Gasteiger partial charge is 0.312 e. The second-order valence-electron chi connectivity index (χ2n) is 7.57. The third-order valence-corrected chi connectivity index (χ3v) is 6.48. The van der Waals surface area contributed by atoms with Crippen LogP contribution in [0.15, 0.2) is 22.9 Å². The molecule has 0 bridgehead atoms. The van der Waals surface area contributed by atoms with Crippen molar-refractivity contribution in [3.05, 3.63) is 28.5 Å². The third kappa shape index (κ3) is 2.67. The van der Waals surface area contributed by atoms with E-state index in [1.165, 1.54) is 13.3 Å². The first-order chi connectivity index (χ1) is 12.1. The Bertz CT molecular complexity index is 892. The van der Waals surface area contributed by atoms with E-state index in [0.29, 0.717) is 17.7 Å². The van der Waals surface area contributed by atoms with E-state index in [1.807, 2.05) is 33.0 Å². The molecule has 0 saturated heterocycles. The van der Waals surface area contributed by atoms with Crippen molar-refractivity contribution in [1.82, 2.24) is 9.61 Å². The Kier molecular flexibility index (Phi) is 4.50. The minimum Gasteiger partial charge on any atom is -0.469 e. The van der Waals surface area contributed by atoms with Crippen molar-refractivity contribution in [1.29, 1.82) is 0 Å². The third-order valence-electron chi connectivity index (χ3n) is 6.05. The van der Waals surface area contributed by atoms with E-state index in [2.05, 4.69) is 26.3 Å². The van der Waals surface area contributed by atoms with E-state index < -0.39 is 11.3 Å². The highest BCUT2D eigenvalue weighted by atomic mass is 79.9. The minimum absolute atomic E-state index is 0.0374. The van der Waals surface area contributed by atoms with Gasteiger partial charge < -0.3 is 15.8 Å². The number of methoxy groups -OCH3 is 1. The first kappa shape index (κ1) is 18.7. The molecule has 140 valence electrons. The fourth-order valence-electron chi connectivity index (χ4n) is 3.88. The van der Waals surface area contributed by atoms with Crippen LogP contribution in [0.25, 0.3) is 5.52 Å². The van der Waals surface area contributed by atoms with E-state index in [1.54, 1.807) is 4.52 Å². The SMILES string of the molecule is COC(=O)C1(C)CCC(Nc2c(C(N)=O)cnn3cc(Br)cc23)C1(C)C. The number of anilines is 1.